The molecule has 7 nitrogen and oxygen atoms in total. The normalized spacial score (nSPS) is 17.9. The van der Waals surface area contributed by atoms with Gasteiger partial charge >= 0.3 is 0 Å². The van der Waals surface area contributed by atoms with E-state index in [0.717, 1.165) is 38.5 Å². The molecule has 1 fully saturated rings. The van der Waals surface area contributed by atoms with Crippen LogP contribution in [0.2, 0.25) is 0 Å². The second-order valence-electron chi connectivity index (χ2n) is 10.4. The van der Waals surface area contributed by atoms with E-state index in [0.29, 0.717) is 6.54 Å². The average molecular weight is 517 g/mol. The minimum atomic E-state index is -0.622. The Labute approximate surface area is 226 Å². The lowest BCUT2D eigenvalue weighted by atomic mass is 9.83. The van der Waals surface area contributed by atoms with Crippen LogP contribution in [0.3, 0.4) is 0 Å². The van der Waals surface area contributed by atoms with E-state index in [4.69, 9.17) is 0 Å². The van der Waals surface area contributed by atoms with Gasteiger partial charge in [-0.1, -0.05) is 79.9 Å². The summed E-state index contributed by atoms with van der Waals surface area (Å²) in [4.78, 5) is 42.6. The molecule has 2 N–H and O–H groups in total. The molecule has 3 amide bonds. The number of hydrogen-bond donors (Lipinski definition) is 2. The molecule has 2 atom stereocenters. The predicted octanol–water partition coefficient (Wildman–Crippen LogP) is 4.02. The molecule has 0 radical (unpaired) electrons. The van der Waals surface area contributed by atoms with E-state index in [1.165, 1.54) is 16.0 Å². The minimum absolute atomic E-state index is 0.0165. The first-order valence-corrected chi connectivity index (χ1v) is 13.8. The molecule has 0 unspecified atom stereocenters. The van der Waals surface area contributed by atoms with Crippen LogP contribution in [0.5, 0.6) is 0 Å². The maximum atomic E-state index is 13.6. The molecule has 202 valence electrons. The van der Waals surface area contributed by atoms with Gasteiger partial charge in [0.1, 0.15) is 12.6 Å². The van der Waals surface area contributed by atoms with Crippen molar-refractivity contribution in [1.29, 1.82) is 0 Å². The van der Waals surface area contributed by atoms with Crippen molar-refractivity contribution in [2.45, 2.75) is 63.5 Å². The summed E-state index contributed by atoms with van der Waals surface area (Å²) in [6.07, 6.45) is 9.26. The zero-order valence-corrected chi connectivity index (χ0v) is 22.5. The van der Waals surface area contributed by atoms with Crippen molar-refractivity contribution >= 4 is 17.7 Å². The molecule has 0 bridgehead atoms. The fourth-order valence-corrected chi connectivity index (χ4v) is 5.49. The molecule has 2 aliphatic rings. The summed E-state index contributed by atoms with van der Waals surface area (Å²) in [5, 5.41) is 5.92. The Kier molecular flexibility index (Phi) is 9.71. The summed E-state index contributed by atoms with van der Waals surface area (Å²) in [6, 6.07) is 19.7. The third-order valence-corrected chi connectivity index (χ3v) is 7.91. The second-order valence-corrected chi connectivity index (χ2v) is 10.4. The largest absolute Gasteiger partial charge is 0.343 e. The Bertz CT molecular complexity index is 1060. The maximum Gasteiger partial charge on any atom is 0.249 e. The number of likely N-dealkylation sites (N-methyl/N-ethyl adjacent to an activating group) is 1. The second kappa shape index (κ2) is 13.4. The van der Waals surface area contributed by atoms with Crippen molar-refractivity contribution in [2.75, 3.05) is 20.1 Å². The van der Waals surface area contributed by atoms with Gasteiger partial charge in [0, 0.05) is 24.9 Å². The van der Waals surface area contributed by atoms with Crippen molar-refractivity contribution in [3.05, 3.63) is 84.2 Å². The standard InChI is InChI=1S/C31H40N4O3/c1-23(32-2)30(37)33-29(26-16-10-5-11-17-26)31(38)35-21-20-34(28(36)22-35)19-18-27(24-12-6-3-7-13-24)25-14-8-4-9-15-25/h3-4,6-9,12-15,20-21,23,26-27,29,32H,5,10-11,16-19,22H2,1-2H3,(H,33,37)/t23-,29-/m0/s1. The van der Waals surface area contributed by atoms with Gasteiger partial charge in [-0.25, -0.2) is 0 Å². The first-order chi connectivity index (χ1) is 18.5. The Morgan fingerprint density at radius 1 is 0.921 bits per heavy atom. The van der Waals surface area contributed by atoms with Gasteiger partial charge in [0.25, 0.3) is 0 Å². The van der Waals surface area contributed by atoms with Crippen molar-refractivity contribution in [1.82, 2.24) is 20.4 Å². The Morgan fingerprint density at radius 2 is 1.53 bits per heavy atom. The number of carbonyl (C=O) groups is 3. The number of nitrogens with zero attached hydrogens (tertiary/aromatic N) is 2. The van der Waals surface area contributed by atoms with Crippen LogP contribution in [0, 0.1) is 5.92 Å². The Hall–Kier alpha value is -3.45. The summed E-state index contributed by atoms with van der Waals surface area (Å²) in [5.74, 6) is -0.262. The lowest BCUT2D eigenvalue weighted by Gasteiger charge is -2.35. The molecule has 2 aromatic rings. The van der Waals surface area contributed by atoms with E-state index < -0.39 is 12.1 Å². The third kappa shape index (κ3) is 6.90. The summed E-state index contributed by atoms with van der Waals surface area (Å²) in [7, 11) is 1.72. The summed E-state index contributed by atoms with van der Waals surface area (Å²) in [5.41, 5.74) is 2.43. The monoisotopic (exact) mass is 516 g/mol. The maximum absolute atomic E-state index is 13.6. The van der Waals surface area contributed by atoms with Crippen LogP contribution in [0.15, 0.2) is 73.1 Å². The SMILES string of the molecule is CN[C@@H](C)C(=O)N[C@H](C(=O)N1C=CN(CCC(c2ccccc2)c2ccccc2)C(=O)C1)C1CCCCC1. The van der Waals surface area contributed by atoms with Gasteiger partial charge in [0.05, 0.1) is 6.04 Å². The quantitative estimate of drug-likeness (QED) is 0.500. The first-order valence-electron chi connectivity index (χ1n) is 13.8. The molecule has 38 heavy (non-hydrogen) atoms. The Morgan fingerprint density at radius 3 is 2.08 bits per heavy atom. The third-order valence-electron chi connectivity index (χ3n) is 7.91. The van der Waals surface area contributed by atoms with E-state index in [1.54, 1.807) is 31.3 Å². The number of hydrogen-bond acceptors (Lipinski definition) is 4. The number of amides is 3. The van der Waals surface area contributed by atoms with E-state index in [-0.39, 0.29) is 36.1 Å². The van der Waals surface area contributed by atoms with Gasteiger partial charge in [-0.3, -0.25) is 14.4 Å². The molecule has 0 spiro atoms. The number of rotatable bonds is 10. The molecule has 1 aliphatic heterocycles. The van der Waals surface area contributed by atoms with Crippen LogP contribution in [-0.4, -0.2) is 59.7 Å². The van der Waals surface area contributed by atoms with Crippen molar-refractivity contribution in [3.8, 4) is 0 Å². The summed E-state index contributed by atoms with van der Waals surface area (Å²) in [6.45, 7) is 2.31. The van der Waals surface area contributed by atoms with Crippen LogP contribution in [0.4, 0.5) is 0 Å². The summed E-state index contributed by atoms with van der Waals surface area (Å²) < 4.78 is 0. The lowest BCUT2D eigenvalue weighted by Crippen LogP contribution is -2.56. The van der Waals surface area contributed by atoms with E-state index >= 15 is 0 Å². The van der Waals surface area contributed by atoms with Crippen molar-refractivity contribution in [2.24, 2.45) is 5.92 Å². The van der Waals surface area contributed by atoms with Crippen molar-refractivity contribution in [3.63, 3.8) is 0 Å². The molecule has 1 aliphatic carbocycles. The fraction of sp³-hybridized carbons (Fsp3) is 0.452. The fourth-order valence-electron chi connectivity index (χ4n) is 5.49. The first kappa shape index (κ1) is 27.6. The molecule has 0 aromatic heterocycles. The van der Waals surface area contributed by atoms with E-state index in [1.807, 2.05) is 36.4 Å². The molecular formula is C31H40N4O3. The van der Waals surface area contributed by atoms with Crippen LogP contribution in [0.25, 0.3) is 0 Å². The highest BCUT2D eigenvalue weighted by atomic mass is 16.2. The number of benzene rings is 2. The molecular weight excluding hydrogens is 476 g/mol. The predicted molar refractivity (Wildman–Crippen MR) is 149 cm³/mol. The zero-order valence-electron chi connectivity index (χ0n) is 22.5. The van der Waals surface area contributed by atoms with Crippen LogP contribution in [0.1, 0.15) is 62.5 Å². The number of carbonyl (C=O) groups excluding carboxylic acids is 3. The highest BCUT2D eigenvalue weighted by Crippen LogP contribution is 2.30. The minimum Gasteiger partial charge on any atom is -0.343 e. The zero-order chi connectivity index (χ0) is 26.9. The van der Waals surface area contributed by atoms with Gasteiger partial charge < -0.3 is 20.4 Å². The molecule has 2 aromatic carbocycles. The highest BCUT2D eigenvalue weighted by Gasteiger charge is 2.36. The van der Waals surface area contributed by atoms with Gasteiger partial charge in [-0.15, -0.1) is 0 Å². The van der Waals surface area contributed by atoms with E-state index in [2.05, 4.69) is 34.9 Å². The smallest absolute Gasteiger partial charge is 0.249 e. The molecule has 7 heteroatoms. The topological polar surface area (TPSA) is 81.8 Å². The van der Waals surface area contributed by atoms with Crippen LogP contribution in [-0.2, 0) is 14.4 Å². The van der Waals surface area contributed by atoms with Crippen molar-refractivity contribution < 1.29 is 14.4 Å². The van der Waals surface area contributed by atoms with Gasteiger partial charge in [-0.05, 0) is 50.3 Å². The van der Waals surface area contributed by atoms with Gasteiger partial charge in [0.15, 0.2) is 0 Å². The Balaban J connectivity index is 1.44. The van der Waals surface area contributed by atoms with Gasteiger partial charge in [-0.2, -0.15) is 0 Å². The lowest BCUT2D eigenvalue weighted by molar-refractivity contribution is -0.142. The number of nitrogens with one attached hydrogen (secondary N) is 2. The molecule has 4 rings (SSSR count). The molecule has 1 saturated carbocycles. The molecule has 1 heterocycles. The van der Waals surface area contributed by atoms with E-state index in [9.17, 15) is 14.4 Å². The average Bonchev–Trinajstić information content (AvgIpc) is 2.97. The van der Waals surface area contributed by atoms with Gasteiger partial charge in [0.2, 0.25) is 17.7 Å². The summed E-state index contributed by atoms with van der Waals surface area (Å²) >= 11 is 0. The molecule has 0 saturated heterocycles. The van der Waals surface area contributed by atoms with Crippen LogP contribution < -0.4 is 10.6 Å². The highest BCUT2D eigenvalue weighted by molar-refractivity contribution is 5.93. The van der Waals surface area contributed by atoms with Crippen LogP contribution >= 0.6 is 0 Å².